The molecule has 0 atom stereocenters. The van der Waals surface area contributed by atoms with Crippen LogP contribution < -0.4 is 0 Å². The summed E-state index contributed by atoms with van der Waals surface area (Å²) in [5.74, 6) is -0.155. The first-order valence-electron chi connectivity index (χ1n) is 3.39. The van der Waals surface area contributed by atoms with Crippen molar-refractivity contribution in [2.24, 2.45) is 0 Å². The maximum Gasteiger partial charge on any atom is 0.417 e. The second-order valence-electron chi connectivity index (χ2n) is 2.38. The summed E-state index contributed by atoms with van der Waals surface area (Å²) in [5.41, 5.74) is -0.710. The number of hydrogen-bond acceptors (Lipinski definition) is 2. The van der Waals surface area contributed by atoms with Gasteiger partial charge in [-0.1, -0.05) is 0 Å². The molecule has 72 valence electrons. The third-order valence-electron chi connectivity index (χ3n) is 1.49. The summed E-state index contributed by atoms with van der Waals surface area (Å²) in [6.07, 6.45) is -2.82. The molecule has 0 radical (unpaired) electrons. The predicted octanol–water partition coefficient (Wildman–Crippen LogP) is 3.13. The minimum absolute atomic E-state index is 0.0347. The average Bonchev–Trinajstić information content (AvgIpc) is 2.01. The Hall–Kier alpha value is -0.840. The Morgan fingerprint density at radius 3 is 2.38 bits per heavy atom. The van der Waals surface area contributed by atoms with Crippen LogP contribution in [0.2, 0.25) is 0 Å². The van der Waals surface area contributed by atoms with E-state index in [9.17, 15) is 13.2 Å². The number of hydrogen-bond donors (Lipinski definition) is 1. The molecule has 0 spiro atoms. The van der Waals surface area contributed by atoms with E-state index in [0.29, 0.717) is 0 Å². The Morgan fingerprint density at radius 1 is 1.31 bits per heavy atom. The van der Waals surface area contributed by atoms with Crippen LogP contribution in [-0.4, -0.2) is 11.4 Å². The van der Waals surface area contributed by atoms with E-state index < -0.39 is 11.7 Å². The SMILES string of the molecule is CSc1cc(O)ccc1C(F)(F)F. The number of rotatable bonds is 1. The summed E-state index contributed by atoms with van der Waals surface area (Å²) < 4.78 is 36.8. The fourth-order valence-electron chi connectivity index (χ4n) is 0.914. The summed E-state index contributed by atoms with van der Waals surface area (Å²) in [7, 11) is 0. The highest BCUT2D eigenvalue weighted by Gasteiger charge is 2.33. The highest BCUT2D eigenvalue weighted by atomic mass is 32.2. The van der Waals surface area contributed by atoms with E-state index in [0.717, 1.165) is 30.0 Å². The lowest BCUT2D eigenvalue weighted by molar-refractivity contribution is -0.139. The number of benzene rings is 1. The van der Waals surface area contributed by atoms with Crippen LogP contribution in [0.25, 0.3) is 0 Å². The smallest absolute Gasteiger partial charge is 0.417 e. The quantitative estimate of drug-likeness (QED) is 0.715. The van der Waals surface area contributed by atoms with Gasteiger partial charge in [0, 0.05) is 4.90 Å². The van der Waals surface area contributed by atoms with Gasteiger partial charge in [-0.15, -0.1) is 11.8 Å². The van der Waals surface area contributed by atoms with Crippen molar-refractivity contribution in [1.82, 2.24) is 0 Å². The molecule has 0 amide bonds. The van der Waals surface area contributed by atoms with Gasteiger partial charge >= 0.3 is 6.18 Å². The van der Waals surface area contributed by atoms with Gasteiger partial charge in [-0.3, -0.25) is 0 Å². The van der Waals surface area contributed by atoms with Crippen molar-refractivity contribution < 1.29 is 18.3 Å². The molecule has 1 aromatic carbocycles. The van der Waals surface area contributed by atoms with Crippen LogP contribution in [-0.2, 0) is 6.18 Å². The maximum atomic E-state index is 12.3. The van der Waals surface area contributed by atoms with Crippen molar-refractivity contribution >= 4 is 11.8 Å². The van der Waals surface area contributed by atoms with E-state index in [4.69, 9.17) is 5.11 Å². The van der Waals surface area contributed by atoms with Crippen molar-refractivity contribution in [1.29, 1.82) is 0 Å². The van der Waals surface area contributed by atoms with E-state index >= 15 is 0 Å². The number of phenolic OH excluding ortho intramolecular Hbond substituents is 1. The Bertz CT molecular complexity index is 309. The molecule has 0 aromatic heterocycles. The lowest BCUT2D eigenvalue weighted by Gasteiger charge is -2.10. The predicted molar refractivity (Wildman–Crippen MR) is 44.9 cm³/mol. The lowest BCUT2D eigenvalue weighted by Crippen LogP contribution is -2.06. The molecule has 0 aliphatic heterocycles. The molecule has 5 heteroatoms. The molecule has 0 bridgehead atoms. The van der Waals surface area contributed by atoms with Crippen molar-refractivity contribution in [3.63, 3.8) is 0 Å². The first kappa shape index (κ1) is 10.2. The molecule has 0 saturated heterocycles. The van der Waals surface area contributed by atoms with Crippen LogP contribution >= 0.6 is 11.8 Å². The molecule has 0 saturated carbocycles. The van der Waals surface area contributed by atoms with Gasteiger partial charge in [0.2, 0.25) is 0 Å². The van der Waals surface area contributed by atoms with Crippen LogP contribution in [0.1, 0.15) is 5.56 Å². The van der Waals surface area contributed by atoms with Crippen LogP contribution in [0.3, 0.4) is 0 Å². The summed E-state index contributed by atoms with van der Waals surface area (Å²) in [5, 5.41) is 8.95. The van der Waals surface area contributed by atoms with Crippen LogP contribution in [0.15, 0.2) is 23.1 Å². The van der Waals surface area contributed by atoms with E-state index in [1.165, 1.54) is 6.26 Å². The summed E-state index contributed by atoms with van der Waals surface area (Å²) in [6.45, 7) is 0. The van der Waals surface area contributed by atoms with Crippen molar-refractivity contribution in [3.05, 3.63) is 23.8 Å². The fourth-order valence-corrected chi connectivity index (χ4v) is 1.56. The molecule has 0 aliphatic carbocycles. The second-order valence-corrected chi connectivity index (χ2v) is 3.23. The monoisotopic (exact) mass is 208 g/mol. The van der Waals surface area contributed by atoms with Gasteiger partial charge < -0.3 is 5.11 Å². The molecular formula is C8H7F3OS. The number of alkyl halides is 3. The van der Waals surface area contributed by atoms with E-state index in [-0.39, 0.29) is 10.6 Å². The first-order chi connectivity index (χ1) is 5.95. The highest BCUT2D eigenvalue weighted by molar-refractivity contribution is 7.98. The van der Waals surface area contributed by atoms with Gasteiger partial charge in [-0.2, -0.15) is 13.2 Å². The first-order valence-corrected chi connectivity index (χ1v) is 4.62. The summed E-state index contributed by atoms with van der Waals surface area (Å²) >= 11 is 0.956. The standard InChI is InChI=1S/C8H7F3OS/c1-13-7-4-5(12)2-3-6(7)8(9,10)11/h2-4,12H,1H3. The van der Waals surface area contributed by atoms with Crippen molar-refractivity contribution in [2.45, 2.75) is 11.1 Å². The largest absolute Gasteiger partial charge is 0.508 e. The number of phenols is 1. The molecule has 0 fully saturated rings. The number of aromatic hydroxyl groups is 1. The minimum Gasteiger partial charge on any atom is -0.508 e. The molecule has 1 nitrogen and oxygen atoms in total. The molecule has 0 heterocycles. The van der Waals surface area contributed by atoms with E-state index in [1.807, 2.05) is 0 Å². The Kier molecular flexibility index (Phi) is 2.75. The Morgan fingerprint density at radius 2 is 1.92 bits per heavy atom. The van der Waals surface area contributed by atoms with Gasteiger partial charge in [0.05, 0.1) is 5.56 Å². The molecule has 0 unspecified atom stereocenters. The van der Waals surface area contributed by atoms with Gasteiger partial charge in [0.1, 0.15) is 5.75 Å². The Balaban J connectivity index is 3.22. The van der Waals surface area contributed by atoms with E-state index in [1.54, 1.807) is 0 Å². The molecular weight excluding hydrogens is 201 g/mol. The minimum atomic E-state index is -4.36. The second kappa shape index (κ2) is 3.49. The molecule has 1 N–H and O–H groups in total. The third kappa shape index (κ3) is 2.30. The van der Waals surface area contributed by atoms with Gasteiger partial charge in [0.25, 0.3) is 0 Å². The van der Waals surface area contributed by atoms with Crippen molar-refractivity contribution in [2.75, 3.05) is 6.26 Å². The molecule has 13 heavy (non-hydrogen) atoms. The zero-order chi connectivity index (χ0) is 10.1. The summed E-state index contributed by atoms with van der Waals surface area (Å²) in [4.78, 5) is 0.0347. The zero-order valence-electron chi connectivity index (χ0n) is 6.72. The van der Waals surface area contributed by atoms with Crippen LogP contribution in [0.5, 0.6) is 5.75 Å². The average molecular weight is 208 g/mol. The fraction of sp³-hybridized carbons (Fsp3) is 0.250. The van der Waals surface area contributed by atoms with Crippen LogP contribution in [0.4, 0.5) is 13.2 Å². The lowest BCUT2D eigenvalue weighted by atomic mass is 10.2. The van der Waals surface area contributed by atoms with Gasteiger partial charge in [-0.05, 0) is 24.5 Å². The van der Waals surface area contributed by atoms with Gasteiger partial charge in [-0.25, -0.2) is 0 Å². The maximum absolute atomic E-state index is 12.3. The zero-order valence-corrected chi connectivity index (χ0v) is 7.54. The topological polar surface area (TPSA) is 20.2 Å². The molecule has 0 aliphatic rings. The molecule has 1 aromatic rings. The highest BCUT2D eigenvalue weighted by Crippen LogP contribution is 2.37. The number of thioether (sulfide) groups is 1. The van der Waals surface area contributed by atoms with E-state index in [2.05, 4.69) is 0 Å². The Labute approximate surface area is 77.6 Å². The molecule has 1 rings (SSSR count). The third-order valence-corrected chi connectivity index (χ3v) is 2.27. The van der Waals surface area contributed by atoms with Crippen molar-refractivity contribution in [3.8, 4) is 5.75 Å². The van der Waals surface area contributed by atoms with Crippen LogP contribution in [0, 0.1) is 0 Å². The van der Waals surface area contributed by atoms with Gasteiger partial charge in [0.15, 0.2) is 0 Å². The normalized spacial score (nSPS) is 11.7. The number of halogens is 3. The summed E-state index contributed by atoms with van der Waals surface area (Å²) in [6, 6.07) is 3.01.